The fourth-order valence-corrected chi connectivity index (χ4v) is 3.42. The third-order valence-corrected chi connectivity index (χ3v) is 4.98. The fraction of sp³-hybridized carbons (Fsp3) is 0.684. The number of likely N-dealkylation sites (N-methyl/N-ethyl adjacent to an activating group) is 1. The van der Waals surface area contributed by atoms with Gasteiger partial charge < -0.3 is 20.1 Å². The third-order valence-electron chi connectivity index (χ3n) is 4.98. The summed E-state index contributed by atoms with van der Waals surface area (Å²) in [5, 5.41) is 0. The van der Waals surface area contributed by atoms with E-state index in [4.69, 9.17) is 15.2 Å². The van der Waals surface area contributed by atoms with Crippen molar-refractivity contribution in [3.8, 4) is 11.5 Å². The van der Waals surface area contributed by atoms with E-state index in [9.17, 15) is 0 Å². The van der Waals surface area contributed by atoms with Gasteiger partial charge in [-0.2, -0.15) is 0 Å². The number of hydrogen-bond donors (Lipinski definition) is 1. The number of piperazine rings is 1. The Morgan fingerprint density at radius 1 is 1.25 bits per heavy atom. The number of ether oxygens (including phenoxy) is 2. The van der Waals surface area contributed by atoms with Crippen LogP contribution in [0.4, 0.5) is 0 Å². The van der Waals surface area contributed by atoms with Crippen molar-refractivity contribution in [2.75, 3.05) is 46.9 Å². The molecule has 2 N–H and O–H groups in total. The molecule has 24 heavy (non-hydrogen) atoms. The maximum Gasteiger partial charge on any atom is 0.161 e. The van der Waals surface area contributed by atoms with E-state index in [-0.39, 0.29) is 6.04 Å². The first kappa shape index (κ1) is 19.0. The summed E-state index contributed by atoms with van der Waals surface area (Å²) in [7, 11) is 3.90. The highest BCUT2D eigenvalue weighted by atomic mass is 16.5. The molecule has 0 amide bonds. The Kier molecular flexibility index (Phi) is 7.34. The summed E-state index contributed by atoms with van der Waals surface area (Å²) in [4.78, 5) is 4.97. The van der Waals surface area contributed by atoms with Crippen LogP contribution in [0.25, 0.3) is 0 Å². The molecule has 5 heteroatoms. The van der Waals surface area contributed by atoms with Gasteiger partial charge in [-0.25, -0.2) is 0 Å². The second-order valence-electron chi connectivity index (χ2n) is 6.55. The van der Waals surface area contributed by atoms with E-state index in [0.717, 1.165) is 44.0 Å². The lowest BCUT2D eigenvalue weighted by Crippen LogP contribution is -2.53. The van der Waals surface area contributed by atoms with Crippen LogP contribution in [0.3, 0.4) is 0 Å². The monoisotopic (exact) mass is 335 g/mol. The Bertz CT molecular complexity index is 509. The average molecular weight is 335 g/mol. The van der Waals surface area contributed by atoms with E-state index >= 15 is 0 Å². The van der Waals surface area contributed by atoms with Crippen molar-refractivity contribution in [3.05, 3.63) is 23.8 Å². The molecule has 0 aromatic heterocycles. The van der Waals surface area contributed by atoms with Crippen molar-refractivity contribution in [1.82, 2.24) is 9.80 Å². The second-order valence-corrected chi connectivity index (χ2v) is 6.55. The molecule has 1 aliphatic heterocycles. The summed E-state index contributed by atoms with van der Waals surface area (Å²) < 4.78 is 11.3. The van der Waals surface area contributed by atoms with E-state index < -0.39 is 0 Å². The molecule has 1 heterocycles. The number of rotatable bonds is 8. The summed E-state index contributed by atoms with van der Waals surface area (Å²) >= 11 is 0. The van der Waals surface area contributed by atoms with Crippen molar-refractivity contribution >= 4 is 0 Å². The maximum atomic E-state index is 6.15. The zero-order valence-electron chi connectivity index (χ0n) is 15.6. The normalized spacial score (nSPS) is 20.8. The SMILES string of the molecule is CCCOc1cc(C(CN)N2CCN(C)C(CC)C2)ccc1OC. The lowest BCUT2D eigenvalue weighted by molar-refractivity contribution is 0.0643. The average Bonchev–Trinajstić information content (AvgIpc) is 2.62. The molecule has 2 unspecified atom stereocenters. The number of nitrogens with zero attached hydrogens (tertiary/aromatic N) is 2. The minimum Gasteiger partial charge on any atom is -0.493 e. The summed E-state index contributed by atoms with van der Waals surface area (Å²) in [6, 6.07) is 7.04. The van der Waals surface area contributed by atoms with Crippen molar-refractivity contribution in [3.63, 3.8) is 0 Å². The second kappa shape index (κ2) is 9.25. The first-order valence-electron chi connectivity index (χ1n) is 9.09. The fourth-order valence-electron chi connectivity index (χ4n) is 3.42. The molecular formula is C19H33N3O2. The van der Waals surface area contributed by atoms with Crippen molar-refractivity contribution in [1.29, 1.82) is 0 Å². The van der Waals surface area contributed by atoms with Crippen LogP contribution in [-0.4, -0.2) is 62.8 Å². The first-order valence-corrected chi connectivity index (χ1v) is 9.09. The largest absolute Gasteiger partial charge is 0.493 e. The van der Waals surface area contributed by atoms with E-state index in [1.54, 1.807) is 7.11 Å². The molecule has 1 saturated heterocycles. The quantitative estimate of drug-likeness (QED) is 0.791. The summed E-state index contributed by atoms with van der Waals surface area (Å²) in [6.07, 6.45) is 2.14. The van der Waals surface area contributed by atoms with Gasteiger partial charge in [0.2, 0.25) is 0 Å². The maximum absolute atomic E-state index is 6.15. The molecule has 5 nitrogen and oxygen atoms in total. The lowest BCUT2D eigenvalue weighted by atomic mass is 10.0. The van der Waals surface area contributed by atoms with Gasteiger partial charge >= 0.3 is 0 Å². The molecule has 0 spiro atoms. The first-order chi connectivity index (χ1) is 11.6. The molecule has 1 aliphatic rings. The number of benzene rings is 1. The van der Waals surface area contributed by atoms with Crippen LogP contribution in [0.5, 0.6) is 11.5 Å². The van der Waals surface area contributed by atoms with E-state index in [0.29, 0.717) is 19.2 Å². The van der Waals surface area contributed by atoms with Gasteiger partial charge in [-0.05, 0) is 37.6 Å². The highest BCUT2D eigenvalue weighted by Crippen LogP contribution is 2.33. The van der Waals surface area contributed by atoms with Gasteiger partial charge in [0.1, 0.15) is 0 Å². The zero-order chi connectivity index (χ0) is 17.5. The number of nitrogens with two attached hydrogens (primary N) is 1. The standard InChI is InChI=1S/C19H33N3O2/c1-5-11-24-19-12-15(7-8-18(19)23-4)17(13-20)22-10-9-21(3)16(6-2)14-22/h7-8,12,16-17H,5-6,9-11,13-14,20H2,1-4H3. The van der Waals surface area contributed by atoms with E-state index in [1.807, 2.05) is 6.07 Å². The zero-order valence-corrected chi connectivity index (χ0v) is 15.6. The van der Waals surface area contributed by atoms with Crippen LogP contribution in [0.2, 0.25) is 0 Å². The predicted molar refractivity (Wildman–Crippen MR) is 98.9 cm³/mol. The predicted octanol–water partition coefficient (Wildman–Crippen LogP) is 2.51. The molecule has 0 aliphatic carbocycles. The molecule has 1 aromatic rings. The highest BCUT2D eigenvalue weighted by Gasteiger charge is 2.28. The van der Waals surface area contributed by atoms with Gasteiger partial charge in [0.15, 0.2) is 11.5 Å². The topological polar surface area (TPSA) is 51.0 Å². The molecule has 2 atom stereocenters. The third kappa shape index (κ3) is 4.41. The van der Waals surface area contributed by atoms with Gasteiger partial charge in [-0.3, -0.25) is 4.90 Å². The molecular weight excluding hydrogens is 302 g/mol. The number of hydrogen-bond acceptors (Lipinski definition) is 5. The highest BCUT2D eigenvalue weighted by molar-refractivity contribution is 5.44. The van der Waals surface area contributed by atoms with E-state index in [2.05, 4.69) is 42.8 Å². The Morgan fingerprint density at radius 2 is 2.04 bits per heavy atom. The molecule has 2 rings (SSSR count). The lowest BCUT2D eigenvalue weighted by Gasteiger charge is -2.42. The van der Waals surface area contributed by atoms with Crippen molar-refractivity contribution in [2.24, 2.45) is 5.73 Å². The summed E-state index contributed by atoms with van der Waals surface area (Å²) in [6.45, 7) is 8.86. The van der Waals surface area contributed by atoms with Gasteiger partial charge in [0.05, 0.1) is 13.7 Å². The molecule has 1 aromatic carbocycles. The van der Waals surface area contributed by atoms with Gasteiger partial charge in [0.25, 0.3) is 0 Å². The van der Waals surface area contributed by atoms with Crippen molar-refractivity contribution < 1.29 is 9.47 Å². The minimum atomic E-state index is 0.225. The smallest absolute Gasteiger partial charge is 0.161 e. The molecule has 0 radical (unpaired) electrons. The van der Waals surface area contributed by atoms with Crippen LogP contribution in [0.1, 0.15) is 38.3 Å². The minimum absolute atomic E-state index is 0.225. The molecule has 0 bridgehead atoms. The summed E-state index contributed by atoms with van der Waals surface area (Å²) in [5.74, 6) is 1.60. The molecule has 1 fully saturated rings. The Hall–Kier alpha value is -1.30. The van der Waals surface area contributed by atoms with Gasteiger partial charge in [-0.1, -0.05) is 19.9 Å². The molecule has 0 saturated carbocycles. The number of methoxy groups -OCH3 is 1. The van der Waals surface area contributed by atoms with Crippen LogP contribution in [0, 0.1) is 0 Å². The molecule has 136 valence electrons. The van der Waals surface area contributed by atoms with Gasteiger partial charge in [0, 0.05) is 38.3 Å². The van der Waals surface area contributed by atoms with E-state index in [1.165, 1.54) is 5.56 Å². The Morgan fingerprint density at radius 3 is 2.67 bits per heavy atom. The summed E-state index contributed by atoms with van der Waals surface area (Å²) in [5.41, 5.74) is 7.36. The van der Waals surface area contributed by atoms with Gasteiger partial charge in [-0.15, -0.1) is 0 Å². The Balaban J connectivity index is 2.20. The van der Waals surface area contributed by atoms with Crippen LogP contribution in [-0.2, 0) is 0 Å². The van der Waals surface area contributed by atoms with Crippen LogP contribution in [0.15, 0.2) is 18.2 Å². The van der Waals surface area contributed by atoms with Crippen LogP contribution >= 0.6 is 0 Å². The van der Waals surface area contributed by atoms with Crippen molar-refractivity contribution in [2.45, 2.75) is 38.8 Å². The van der Waals surface area contributed by atoms with Crippen LogP contribution < -0.4 is 15.2 Å². The Labute approximate surface area is 146 Å².